The lowest BCUT2D eigenvalue weighted by Crippen LogP contribution is -2.47. The Balaban J connectivity index is 2.31. The predicted octanol–water partition coefficient (Wildman–Crippen LogP) is 2.39. The highest BCUT2D eigenvalue weighted by molar-refractivity contribution is 7.90. The maximum atomic E-state index is 13.2. The van der Waals surface area contributed by atoms with Crippen LogP contribution in [0, 0.1) is 17.0 Å². The second kappa shape index (κ2) is 7.96. The zero-order valence-electron chi connectivity index (χ0n) is 16.9. The van der Waals surface area contributed by atoms with E-state index in [4.69, 9.17) is 4.74 Å². The van der Waals surface area contributed by atoms with E-state index in [1.54, 1.807) is 18.2 Å². The molecule has 2 heterocycles. The maximum Gasteiger partial charge on any atom is 0.331 e. The molecule has 0 saturated heterocycles. The molecule has 1 atom stereocenters. The quantitative estimate of drug-likeness (QED) is 0.390. The van der Waals surface area contributed by atoms with Gasteiger partial charge in [0.2, 0.25) is 0 Å². The van der Waals surface area contributed by atoms with Crippen molar-refractivity contribution in [2.45, 2.75) is 24.3 Å². The summed E-state index contributed by atoms with van der Waals surface area (Å²) in [5.74, 6) is -1.30. The lowest BCUT2D eigenvalue weighted by atomic mass is 10.0. The molecule has 164 valence electrons. The Morgan fingerprint density at radius 1 is 1.35 bits per heavy atom. The standard InChI is InChI=1S/C19H20N4O7S/c1-12-9-14-16(21-19(2,11-30-3)18(24)25)15(23(26)27)10-20-17(14)22(12)31(28,29)13-7-5-4-6-8-13/h4-10H,11H2,1-3H3,(H,20,21)(H,24,25). The molecule has 3 aromatic rings. The molecule has 2 N–H and O–H groups in total. The first-order chi connectivity index (χ1) is 14.5. The van der Waals surface area contributed by atoms with Gasteiger partial charge in [0.15, 0.2) is 11.2 Å². The third kappa shape index (κ3) is 3.82. The minimum absolute atomic E-state index is 0.0139. The first-order valence-electron chi connectivity index (χ1n) is 8.99. The summed E-state index contributed by atoms with van der Waals surface area (Å²) in [7, 11) is -2.76. The van der Waals surface area contributed by atoms with Gasteiger partial charge < -0.3 is 15.2 Å². The number of carboxylic acids is 1. The van der Waals surface area contributed by atoms with E-state index >= 15 is 0 Å². The zero-order chi connectivity index (χ0) is 23.0. The molecule has 1 unspecified atom stereocenters. The maximum absolute atomic E-state index is 13.2. The smallest absolute Gasteiger partial charge is 0.331 e. The molecule has 1 aromatic carbocycles. The van der Waals surface area contributed by atoms with Gasteiger partial charge in [-0.15, -0.1) is 0 Å². The molecule has 0 spiro atoms. The molecule has 31 heavy (non-hydrogen) atoms. The topological polar surface area (TPSA) is 154 Å². The molecule has 11 nitrogen and oxygen atoms in total. The second-order valence-corrected chi connectivity index (χ2v) is 8.86. The number of hydrogen-bond donors (Lipinski definition) is 2. The number of carbonyl (C=O) groups is 1. The fraction of sp³-hybridized carbons (Fsp3) is 0.263. The fourth-order valence-electron chi connectivity index (χ4n) is 3.23. The zero-order valence-corrected chi connectivity index (χ0v) is 17.7. The van der Waals surface area contributed by atoms with Crippen molar-refractivity contribution in [3.8, 4) is 0 Å². The summed E-state index contributed by atoms with van der Waals surface area (Å²) < 4.78 is 32.4. The number of aryl methyl sites for hydroxylation is 1. The number of nitrogens with zero attached hydrogens (tertiary/aromatic N) is 3. The third-order valence-electron chi connectivity index (χ3n) is 4.73. The minimum Gasteiger partial charge on any atom is -0.479 e. The number of hydrogen-bond acceptors (Lipinski definition) is 8. The normalized spacial score (nSPS) is 13.6. The molecular formula is C19H20N4O7S. The number of nitro groups is 1. The van der Waals surface area contributed by atoms with Gasteiger partial charge in [-0.25, -0.2) is 22.2 Å². The van der Waals surface area contributed by atoms with Crippen LogP contribution >= 0.6 is 0 Å². The van der Waals surface area contributed by atoms with E-state index in [1.807, 2.05) is 0 Å². The monoisotopic (exact) mass is 448 g/mol. The number of aliphatic carboxylic acids is 1. The number of benzene rings is 1. The molecule has 0 aliphatic rings. The molecule has 0 saturated carbocycles. The Morgan fingerprint density at radius 3 is 2.55 bits per heavy atom. The average molecular weight is 448 g/mol. The Labute approximate surface area is 177 Å². The number of aromatic nitrogens is 2. The highest BCUT2D eigenvalue weighted by Crippen LogP contribution is 2.36. The predicted molar refractivity (Wildman–Crippen MR) is 112 cm³/mol. The summed E-state index contributed by atoms with van der Waals surface area (Å²) >= 11 is 0. The summed E-state index contributed by atoms with van der Waals surface area (Å²) in [6.45, 7) is 2.52. The van der Waals surface area contributed by atoms with Gasteiger partial charge in [0, 0.05) is 12.8 Å². The van der Waals surface area contributed by atoms with Gasteiger partial charge in [-0.3, -0.25) is 10.1 Å². The molecule has 0 aliphatic carbocycles. The molecule has 0 fully saturated rings. The third-order valence-corrected chi connectivity index (χ3v) is 6.54. The number of nitrogens with one attached hydrogen (secondary N) is 1. The number of methoxy groups -OCH3 is 1. The van der Waals surface area contributed by atoms with Crippen LogP contribution < -0.4 is 5.32 Å². The largest absolute Gasteiger partial charge is 0.479 e. The molecule has 0 bridgehead atoms. The Hall–Kier alpha value is -3.51. The summed E-state index contributed by atoms with van der Waals surface area (Å²) in [5.41, 5.74) is -2.20. The van der Waals surface area contributed by atoms with E-state index < -0.39 is 32.1 Å². The van der Waals surface area contributed by atoms with Gasteiger partial charge >= 0.3 is 11.7 Å². The van der Waals surface area contributed by atoms with Gasteiger partial charge in [0.25, 0.3) is 10.0 Å². The van der Waals surface area contributed by atoms with Crippen LogP contribution in [0.3, 0.4) is 0 Å². The van der Waals surface area contributed by atoms with Crippen LogP contribution in [0.2, 0.25) is 0 Å². The van der Waals surface area contributed by atoms with Crippen LogP contribution in [-0.2, 0) is 19.6 Å². The Kier molecular flexibility index (Phi) is 5.70. The SMILES string of the molecule is COCC(C)(Nc1c([N+](=O)[O-])cnc2c1cc(C)n2S(=O)(=O)c1ccccc1)C(=O)O. The van der Waals surface area contributed by atoms with Crippen molar-refractivity contribution in [2.75, 3.05) is 19.0 Å². The summed E-state index contributed by atoms with van der Waals surface area (Å²) in [5, 5.41) is 24.0. The summed E-state index contributed by atoms with van der Waals surface area (Å²) in [6, 6.07) is 9.07. The van der Waals surface area contributed by atoms with Crippen molar-refractivity contribution < 1.29 is 28.0 Å². The Bertz CT molecular complexity index is 1270. The van der Waals surface area contributed by atoms with E-state index in [2.05, 4.69) is 10.3 Å². The van der Waals surface area contributed by atoms with Gasteiger partial charge in [-0.1, -0.05) is 18.2 Å². The van der Waals surface area contributed by atoms with Gasteiger partial charge in [0.1, 0.15) is 11.9 Å². The number of rotatable bonds is 8. The first-order valence-corrected chi connectivity index (χ1v) is 10.4. The summed E-state index contributed by atoms with van der Waals surface area (Å²) in [6.07, 6.45) is 0.899. The van der Waals surface area contributed by atoms with Crippen molar-refractivity contribution in [3.63, 3.8) is 0 Å². The van der Waals surface area contributed by atoms with Crippen LogP contribution in [0.5, 0.6) is 0 Å². The Morgan fingerprint density at radius 2 is 2.00 bits per heavy atom. The van der Waals surface area contributed by atoms with E-state index in [9.17, 15) is 28.4 Å². The highest BCUT2D eigenvalue weighted by Gasteiger charge is 2.37. The lowest BCUT2D eigenvalue weighted by molar-refractivity contribution is -0.384. The van der Waals surface area contributed by atoms with Crippen molar-refractivity contribution in [3.05, 3.63) is 58.4 Å². The van der Waals surface area contributed by atoms with Crippen LogP contribution in [0.15, 0.2) is 47.5 Å². The molecule has 0 aliphatic heterocycles. The van der Waals surface area contributed by atoms with Gasteiger partial charge in [-0.05, 0) is 32.0 Å². The van der Waals surface area contributed by atoms with Gasteiger partial charge in [-0.2, -0.15) is 0 Å². The second-order valence-electron chi connectivity index (χ2n) is 7.08. The van der Waals surface area contributed by atoms with E-state index in [-0.39, 0.29) is 33.9 Å². The average Bonchev–Trinajstić information content (AvgIpc) is 3.06. The van der Waals surface area contributed by atoms with Crippen LogP contribution in [-0.4, -0.2) is 52.6 Å². The van der Waals surface area contributed by atoms with Crippen molar-refractivity contribution in [1.82, 2.24) is 8.96 Å². The first kappa shape index (κ1) is 22.2. The van der Waals surface area contributed by atoms with Crippen molar-refractivity contribution in [2.24, 2.45) is 0 Å². The van der Waals surface area contributed by atoms with E-state index in [0.717, 1.165) is 10.2 Å². The van der Waals surface area contributed by atoms with Crippen molar-refractivity contribution >= 4 is 38.4 Å². The number of ether oxygens (including phenoxy) is 1. The number of fused-ring (bicyclic) bond motifs is 1. The van der Waals surface area contributed by atoms with E-state index in [0.29, 0.717) is 0 Å². The summed E-state index contributed by atoms with van der Waals surface area (Å²) in [4.78, 5) is 26.7. The minimum atomic E-state index is -4.06. The van der Waals surface area contributed by atoms with E-state index in [1.165, 1.54) is 39.2 Å². The number of pyridine rings is 1. The highest BCUT2D eigenvalue weighted by atomic mass is 32.2. The molecule has 2 aromatic heterocycles. The number of carboxylic acid groups (broad SMARTS) is 1. The van der Waals surface area contributed by atoms with Crippen LogP contribution in [0.25, 0.3) is 11.0 Å². The molecular weight excluding hydrogens is 428 g/mol. The molecule has 0 amide bonds. The van der Waals surface area contributed by atoms with Crippen LogP contribution in [0.1, 0.15) is 12.6 Å². The van der Waals surface area contributed by atoms with Gasteiger partial charge in [0.05, 0.1) is 21.8 Å². The molecule has 0 radical (unpaired) electrons. The number of anilines is 1. The van der Waals surface area contributed by atoms with Crippen molar-refractivity contribution in [1.29, 1.82) is 0 Å². The fourth-order valence-corrected chi connectivity index (χ4v) is 4.74. The molecule has 3 rings (SSSR count). The molecule has 12 heteroatoms. The van der Waals surface area contributed by atoms with Crippen LogP contribution in [0.4, 0.5) is 11.4 Å². The lowest BCUT2D eigenvalue weighted by Gasteiger charge is -2.26.